The van der Waals surface area contributed by atoms with Gasteiger partial charge in [0.15, 0.2) is 0 Å². The van der Waals surface area contributed by atoms with Crippen molar-refractivity contribution in [2.24, 2.45) is 5.41 Å². The minimum atomic E-state index is -1.43. The van der Waals surface area contributed by atoms with Crippen LogP contribution < -0.4 is 4.74 Å². The number of imidazole rings is 1. The first-order valence-corrected chi connectivity index (χ1v) is 13.7. The molecule has 1 aliphatic carbocycles. The molecule has 222 valence electrons. The molecule has 1 fully saturated rings. The largest absolute Gasteiger partial charge is 0.478 e. The van der Waals surface area contributed by atoms with Crippen LogP contribution in [-0.2, 0) is 19.6 Å². The van der Waals surface area contributed by atoms with Gasteiger partial charge in [0.1, 0.15) is 29.9 Å². The Bertz CT molecular complexity index is 1960. The molecule has 2 heterocycles. The van der Waals surface area contributed by atoms with E-state index in [1.165, 1.54) is 24.3 Å². The lowest BCUT2D eigenvalue weighted by molar-refractivity contribution is 0.0692. The zero-order valence-electron chi connectivity index (χ0n) is 23.2. The highest BCUT2D eigenvalue weighted by Crippen LogP contribution is 2.48. The minimum absolute atomic E-state index is 0.0000818. The fourth-order valence-electron chi connectivity index (χ4n) is 5.08. The number of alkyl halides is 1. The van der Waals surface area contributed by atoms with E-state index in [1.807, 2.05) is 6.07 Å². The number of nitriles is 1. The van der Waals surface area contributed by atoms with E-state index in [-0.39, 0.29) is 47.7 Å². The van der Waals surface area contributed by atoms with Crippen LogP contribution in [0, 0.1) is 34.2 Å². The number of carbonyl (C=O) groups is 1. The fraction of sp³-hybridized carbons (Fsp3) is 0.212. The smallest absolute Gasteiger partial charge is 0.338 e. The highest BCUT2D eigenvalue weighted by Gasteiger charge is 2.44. The first-order valence-electron chi connectivity index (χ1n) is 13.7. The predicted octanol–water partition coefficient (Wildman–Crippen LogP) is 7.00. The third-order valence-corrected chi connectivity index (χ3v) is 7.86. The summed E-state index contributed by atoms with van der Waals surface area (Å²) in [5.41, 5.74) is 1.01. The molecule has 0 atom stereocenters. The van der Waals surface area contributed by atoms with E-state index in [9.17, 15) is 23.1 Å². The summed E-state index contributed by atoms with van der Waals surface area (Å²) in [7, 11) is 0. The van der Waals surface area contributed by atoms with Crippen LogP contribution in [0.5, 0.6) is 5.88 Å². The van der Waals surface area contributed by atoms with Crippen LogP contribution in [0.15, 0.2) is 66.7 Å². The maximum atomic E-state index is 15.5. The van der Waals surface area contributed by atoms with E-state index >= 15 is 4.39 Å². The van der Waals surface area contributed by atoms with Gasteiger partial charge in [0.2, 0.25) is 5.88 Å². The third kappa shape index (κ3) is 5.71. The number of benzene rings is 3. The maximum Gasteiger partial charge on any atom is 0.338 e. The molecule has 0 spiro atoms. The van der Waals surface area contributed by atoms with Crippen LogP contribution in [0.3, 0.4) is 0 Å². The normalized spacial score (nSPS) is 13.5. The van der Waals surface area contributed by atoms with Gasteiger partial charge in [0, 0.05) is 41.6 Å². The number of halogens is 4. The first-order chi connectivity index (χ1) is 21.2. The molecular weight excluding hydrogens is 576 g/mol. The first kappa shape index (κ1) is 28.9. The van der Waals surface area contributed by atoms with Crippen molar-refractivity contribution in [1.82, 2.24) is 14.5 Å². The standard InChI is InChI=1S/C33H24F4N4O3/c34-17-33(8-9-33)18-41-29-13-23(32(42)43)26(37)14-28(29)39-30(41)12-20-6-7-21(11-25(20)36)27-2-1-3-31(40-27)44-16-22-5-4-19(15-38)10-24(22)35/h1-7,10-11,13-14H,8-9,12,16-18H2,(H,42,43). The lowest BCUT2D eigenvalue weighted by Crippen LogP contribution is -2.16. The molecule has 0 saturated heterocycles. The van der Waals surface area contributed by atoms with Gasteiger partial charge in [-0.2, -0.15) is 5.26 Å². The van der Waals surface area contributed by atoms with Gasteiger partial charge in [-0.15, -0.1) is 0 Å². The molecule has 11 heteroatoms. The van der Waals surface area contributed by atoms with Crippen molar-refractivity contribution in [3.05, 3.63) is 112 Å². The van der Waals surface area contributed by atoms with Gasteiger partial charge in [0.05, 0.1) is 40.6 Å². The quantitative estimate of drug-likeness (QED) is 0.173. The van der Waals surface area contributed by atoms with Crippen molar-refractivity contribution in [2.75, 3.05) is 6.67 Å². The number of aromatic nitrogens is 3. The van der Waals surface area contributed by atoms with Crippen molar-refractivity contribution in [3.63, 3.8) is 0 Å². The molecule has 1 saturated carbocycles. The lowest BCUT2D eigenvalue weighted by atomic mass is 10.0. The number of pyridine rings is 1. The molecule has 0 bridgehead atoms. The summed E-state index contributed by atoms with van der Waals surface area (Å²) >= 11 is 0. The molecule has 0 unspecified atom stereocenters. The molecule has 0 radical (unpaired) electrons. The highest BCUT2D eigenvalue weighted by molar-refractivity contribution is 5.93. The van der Waals surface area contributed by atoms with Crippen molar-refractivity contribution < 1.29 is 32.2 Å². The molecule has 6 rings (SSSR count). The Balaban J connectivity index is 1.26. The summed E-state index contributed by atoms with van der Waals surface area (Å²) in [4.78, 5) is 20.4. The maximum absolute atomic E-state index is 15.5. The fourth-order valence-corrected chi connectivity index (χ4v) is 5.08. The van der Waals surface area contributed by atoms with Gasteiger partial charge in [-0.25, -0.2) is 27.9 Å². The summed E-state index contributed by atoms with van der Waals surface area (Å²) < 4.78 is 65.3. The predicted molar refractivity (Wildman–Crippen MR) is 152 cm³/mol. The number of aromatic carboxylic acids is 1. The number of carboxylic acids is 1. The average Bonchev–Trinajstić information content (AvgIpc) is 3.72. The number of hydrogen-bond acceptors (Lipinski definition) is 5. The van der Waals surface area contributed by atoms with Crippen LogP contribution in [-0.4, -0.2) is 32.3 Å². The van der Waals surface area contributed by atoms with E-state index in [0.29, 0.717) is 35.4 Å². The topological polar surface area (TPSA) is 101 Å². The molecule has 1 aliphatic rings. The lowest BCUT2D eigenvalue weighted by Gasteiger charge is -2.16. The van der Waals surface area contributed by atoms with Crippen LogP contribution >= 0.6 is 0 Å². The number of nitrogens with zero attached hydrogens (tertiary/aromatic N) is 4. The second kappa shape index (κ2) is 11.4. The zero-order valence-corrected chi connectivity index (χ0v) is 23.2. The van der Waals surface area contributed by atoms with Crippen molar-refractivity contribution in [1.29, 1.82) is 5.26 Å². The van der Waals surface area contributed by atoms with E-state index in [4.69, 9.17) is 10.00 Å². The Hall–Kier alpha value is -5.24. The molecule has 5 aromatic rings. The Labute approximate surface area is 249 Å². The van der Waals surface area contributed by atoms with Gasteiger partial charge in [-0.05, 0) is 48.7 Å². The minimum Gasteiger partial charge on any atom is -0.478 e. The second-order valence-electron chi connectivity index (χ2n) is 10.9. The molecule has 2 aromatic heterocycles. The van der Waals surface area contributed by atoms with Gasteiger partial charge in [-0.3, -0.25) is 4.39 Å². The van der Waals surface area contributed by atoms with Crippen LogP contribution in [0.2, 0.25) is 0 Å². The van der Waals surface area contributed by atoms with Gasteiger partial charge in [0.25, 0.3) is 0 Å². The molecule has 1 N–H and O–H groups in total. The Morgan fingerprint density at radius 2 is 1.75 bits per heavy atom. The number of fused-ring (bicyclic) bond motifs is 1. The average molecular weight is 601 g/mol. The number of carboxylic acid groups (broad SMARTS) is 1. The molecule has 7 nitrogen and oxygen atoms in total. The molecule has 0 aliphatic heterocycles. The monoisotopic (exact) mass is 600 g/mol. The summed E-state index contributed by atoms with van der Waals surface area (Å²) in [6.07, 6.45) is 1.30. The molecule has 44 heavy (non-hydrogen) atoms. The highest BCUT2D eigenvalue weighted by atomic mass is 19.1. The Morgan fingerprint density at radius 3 is 2.43 bits per heavy atom. The van der Waals surface area contributed by atoms with Crippen LogP contribution in [0.25, 0.3) is 22.3 Å². The van der Waals surface area contributed by atoms with Crippen molar-refractivity contribution >= 4 is 17.0 Å². The van der Waals surface area contributed by atoms with Gasteiger partial charge in [-0.1, -0.05) is 24.3 Å². The van der Waals surface area contributed by atoms with Crippen LogP contribution in [0.1, 0.15) is 45.7 Å². The van der Waals surface area contributed by atoms with Gasteiger partial charge >= 0.3 is 5.97 Å². The Kier molecular flexibility index (Phi) is 7.51. The number of hydrogen-bond donors (Lipinski definition) is 1. The molecule has 3 aromatic carbocycles. The van der Waals surface area contributed by atoms with E-state index < -0.39 is 41.1 Å². The van der Waals surface area contributed by atoms with Gasteiger partial charge < -0.3 is 14.4 Å². The summed E-state index contributed by atoms with van der Waals surface area (Å²) in [6.45, 7) is -0.479. The number of rotatable bonds is 10. The summed E-state index contributed by atoms with van der Waals surface area (Å²) in [5.74, 6) is -2.95. The third-order valence-electron chi connectivity index (χ3n) is 7.86. The molecular formula is C33H24F4N4O3. The molecule has 0 amide bonds. The van der Waals surface area contributed by atoms with Crippen molar-refractivity contribution in [3.8, 4) is 23.2 Å². The summed E-state index contributed by atoms with van der Waals surface area (Å²) in [5, 5.41) is 18.3. The Morgan fingerprint density at radius 1 is 0.977 bits per heavy atom. The SMILES string of the molecule is N#Cc1ccc(COc2cccc(-c3ccc(Cc4nc5cc(F)c(C(=O)O)cc5n4CC4(CF)CC4)c(F)c3)n2)c(F)c1. The van der Waals surface area contributed by atoms with E-state index in [2.05, 4.69) is 9.97 Å². The zero-order chi connectivity index (χ0) is 31.0. The summed E-state index contributed by atoms with van der Waals surface area (Å²) in [6, 6.07) is 17.6. The van der Waals surface area contributed by atoms with Crippen molar-refractivity contribution in [2.45, 2.75) is 32.4 Å². The number of ether oxygens (including phenoxy) is 1. The van der Waals surface area contributed by atoms with E-state index in [0.717, 1.165) is 12.1 Å². The van der Waals surface area contributed by atoms with E-state index in [1.54, 1.807) is 34.9 Å². The van der Waals surface area contributed by atoms with Crippen LogP contribution in [0.4, 0.5) is 17.6 Å². The second-order valence-corrected chi connectivity index (χ2v) is 10.9.